The predicted molar refractivity (Wildman–Crippen MR) is 111 cm³/mol. The molecule has 156 valence electrons. The van der Waals surface area contributed by atoms with E-state index in [1.165, 1.54) is 11.7 Å². The summed E-state index contributed by atoms with van der Waals surface area (Å²) in [5, 5.41) is 0.738. The van der Waals surface area contributed by atoms with Gasteiger partial charge >= 0.3 is 19.2 Å². The Kier molecular flexibility index (Phi) is 5.08. The highest BCUT2D eigenvalue weighted by atomic mass is 16.7. The number of rotatable bonds is 2. The van der Waals surface area contributed by atoms with Crippen LogP contribution in [0.3, 0.4) is 0 Å². The van der Waals surface area contributed by atoms with Gasteiger partial charge in [-0.05, 0) is 60.6 Å². The minimum Gasteiger partial charge on any atom is -0.465 e. The van der Waals surface area contributed by atoms with Crippen LogP contribution in [0.5, 0.6) is 0 Å². The quantitative estimate of drug-likeness (QED) is 0.566. The van der Waals surface area contributed by atoms with E-state index in [1.807, 2.05) is 27.7 Å². The molecule has 1 fully saturated rings. The molecule has 0 spiro atoms. The minimum absolute atomic E-state index is 0.336. The number of ether oxygens (including phenoxy) is 2. The molecule has 7 nitrogen and oxygen atoms in total. The van der Waals surface area contributed by atoms with E-state index in [9.17, 15) is 9.59 Å². The standard InChI is InChI=1S/C21H28BNO6/c1-19(2,3)27-18(25)23-12-15(22-28-20(4,5)21(6,7)29-22)14-10-9-13(11-16(14)23)17(24)26-8/h9-12H,1-8H3. The summed E-state index contributed by atoms with van der Waals surface area (Å²) in [5.41, 5.74) is -0.164. The van der Waals surface area contributed by atoms with E-state index in [0.717, 1.165) is 5.39 Å². The molecule has 2 heterocycles. The highest BCUT2D eigenvalue weighted by molar-refractivity contribution is 6.65. The molecule has 1 aromatic carbocycles. The van der Waals surface area contributed by atoms with Gasteiger partial charge in [-0.1, -0.05) is 6.07 Å². The maximum Gasteiger partial charge on any atom is 0.497 e. The smallest absolute Gasteiger partial charge is 0.465 e. The monoisotopic (exact) mass is 401 g/mol. The largest absolute Gasteiger partial charge is 0.497 e. The van der Waals surface area contributed by atoms with E-state index in [1.54, 1.807) is 45.2 Å². The number of hydrogen-bond acceptors (Lipinski definition) is 6. The summed E-state index contributed by atoms with van der Waals surface area (Å²) in [6.07, 6.45) is 1.11. The van der Waals surface area contributed by atoms with Gasteiger partial charge in [-0.25, -0.2) is 9.59 Å². The van der Waals surface area contributed by atoms with Crippen LogP contribution in [0.2, 0.25) is 0 Å². The molecular formula is C21H28BNO6. The van der Waals surface area contributed by atoms with E-state index >= 15 is 0 Å². The van der Waals surface area contributed by atoms with Crippen molar-refractivity contribution in [1.82, 2.24) is 4.57 Å². The number of carbonyl (C=O) groups excluding carboxylic acids is 2. The van der Waals surface area contributed by atoms with Gasteiger partial charge in [0, 0.05) is 17.0 Å². The van der Waals surface area contributed by atoms with Gasteiger partial charge in [0.05, 0.1) is 29.4 Å². The third kappa shape index (κ3) is 3.91. The van der Waals surface area contributed by atoms with Gasteiger partial charge in [0.15, 0.2) is 0 Å². The molecule has 0 N–H and O–H groups in total. The second kappa shape index (κ2) is 6.88. The molecule has 1 saturated heterocycles. The summed E-state index contributed by atoms with van der Waals surface area (Å²) >= 11 is 0. The molecule has 0 radical (unpaired) electrons. The lowest BCUT2D eigenvalue weighted by Gasteiger charge is -2.32. The van der Waals surface area contributed by atoms with E-state index in [4.69, 9.17) is 18.8 Å². The third-order valence-corrected chi connectivity index (χ3v) is 5.35. The Bertz CT molecular complexity index is 953. The lowest BCUT2D eigenvalue weighted by Crippen LogP contribution is -2.41. The Balaban J connectivity index is 2.14. The van der Waals surface area contributed by atoms with Crippen molar-refractivity contribution in [3.05, 3.63) is 30.0 Å². The maximum atomic E-state index is 12.9. The molecule has 0 atom stereocenters. The number of benzene rings is 1. The lowest BCUT2D eigenvalue weighted by molar-refractivity contribution is 0.00578. The Morgan fingerprint density at radius 1 is 1.07 bits per heavy atom. The Labute approximate surface area is 171 Å². The molecule has 1 aliphatic rings. The molecule has 1 aliphatic heterocycles. The Morgan fingerprint density at radius 2 is 1.66 bits per heavy atom. The van der Waals surface area contributed by atoms with Gasteiger partial charge in [0.1, 0.15) is 5.60 Å². The van der Waals surface area contributed by atoms with Gasteiger partial charge in [-0.3, -0.25) is 4.57 Å². The first-order valence-corrected chi connectivity index (χ1v) is 9.58. The number of methoxy groups -OCH3 is 1. The lowest BCUT2D eigenvalue weighted by atomic mass is 9.79. The average Bonchev–Trinajstić information content (AvgIpc) is 3.06. The first-order chi connectivity index (χ1) is 13.3. The van der Waals surface area contributed by atoms with E-state index in [0.29, 0.717) is 16.5 Å². The fraction of sp³-hybridized carbons (Fsp3) is 0.524. The topological polar surface area (TPSA) is 76.0 Å². The Morgan fingerprint density at radius 3 is 2.17 bits per heavy atom. The summed E-state index contributed by atoms with van der Waals surface area (Å²) in [6.45, 7) is 13.3. The molecule has 0 saturated carbocycles. The van der Waals surface area contributed by atoms with Crippen molar-refractivity contribution < 1.29 is 28.4 Å². The molecule has 3 rings (SSSR count). The van der Waals surface area contributed by atoms with E-state index < -0.39 is 36.0 Å². The van der Waals surface area contributed by atoms with Gasteiger partial charge in [-0.15, -0.1) is 0 Å². The minimum atomic E-state index is -0.669. The van der Waals surface area contributed by atoms with Crippen molar-refractivity contribution in [3.63, 3.8) is 0 Å². The summed E-state index contributed by atoms with van der Waals surface area (Å²) in [5.74, 6) is -0.485. The molecule has 8 heteroatoms. The highest BCUT2D eigenvalue weighted by Gasteiger charge is 2.52. The predicted octanol–water partition coefficient (Wildman–Crippen LogP) is 3.51. The summed E-state index contributed by atoms with van der Waals surface area (Å²) in [7, 11) is 0.657. The molecular weight excluding hydrogens is 373 g/mol. The number of esters is 1. The van der Waals surface area contributed by atoms with Crippen LogP contribution in [0, 0.1) is 0 Å². The molecule has 0 amide bonds. The van der Waals surface area contributed by atoms with Crippen molar-refractivity contribution in [1.29, 1.82) is 0 Å². The van der Waals surface area contributed by atoms with Crippen molar-refractivity contribution in [2.24, 2.45) is 0 Å². The van der Waals surface area contributed by atoms with Crippen LogP contribution in [0.4, 0.5) is 4.79 Å². The number of aromatic nitrogens is 1. The number of fused-ring (bicyclic) bond motifs is 1. The molecule has 2 aromatic rings. The van der Waals surface area contributed by atoms with Crippen LogP contribution in [0.1, 0.15) is 58.8 Å². The average molecular weight is 401 g/mol. The van der Waals surface area contributed by atoms with Crippen LogP contribution in [0.15, 0.2) is 24.4 Å². The van der Waals surface area contributed by atoms with Crippen LogP contribution in [-0.2, 0) is 18.8 Å². The second-order valence-electron chi connectivity index (χ2n) is 9.25. The molecule has 1 aromatic heterocycles. The number of nitrogens with zero attached hydrogens (tertiary/aromatic N) is 1. The highest BCUT2D eigenvalue weighted by Crippen LogP contribution is 2.37. The summed E-state index contributed by atoms with van der Waals surface area (Å²) in [4.78, 5) is 24.9. The van der Waals surface area contributed by atoms with Gasteiger partial charge < -0.3 is 18.8 Å². The van der Waals surface area contributed by atoms with E-state index in [2.05, 4.69) is 0 Å². The fourth-order valence-electron chi connectivity index (χ4n) is 3.12. The van der Waals surface area contributed by atoms with Crippen LogP contribution in [-0.4, -0.2) is 47.7 Å². The zero-order chi connectivity index (χ0) is 21.8. The van der Waals surface area contributed by atoms with Crippen LogP contribution < -0.4 is 5.46 Å². The van der Waals surface area contributed by atoms with E-state index in [-0.39, 0.29) is 0 Å². The third-order valence-electron chi connectivity index (χ3n) is 5.35. The zero-order valence-corrected chi connectivity index (χ0v) is 18.3. The van der Waals surface area contributed by atoms with Crippen molar-refractivity contribution in [3.8, 4) is 0 Å². The normalized spacial score (nSPS) is 18.1. The van der Waals surface area contributed by atoms with Crippen molar-refractivity contribution in [2.45, 2.75) is 65.3 Å². The summed E-state index contributed by atoms with van der Waals surface area (Å²) < 4.78 is 24.1. The zero-order valence-electron chi connectivity index (χ0n) is 18.3. The van der Waals surface area contributed by atoms with Crippen LogP contribution in [0.25, 0.3) is 10.9 Å². The van der Waals surface area contributed by atoms with Gasteiger partial charge in [0.25, 0.3) is 0 Å². The van der Waals surface area contributed by atoms with Gasteiger partial charge in [-0.2, -0.15) is 0 Å². The number of hydrogen-bond donors (Lipinski definition) is 0. The molecule has 29 heavy (non-hydrogen) atoms. The maximum absolute atomic E-state index is 12.9. The van der Waals surface area contributed by atoms with Crippen LogP contribution >= 0.6 is 0 Å². The molecule has 0 unspecified atom stereocenters. The molecule has 0 bridgehead atoms. The first-order valence-electron chi connectivity index (χ1n) is 9.58. The summed E-state index contributed by atoms with van der Waals surface area (Å²) in [6, 6.07) is 5.03. The Hall–Kier alpha value is -2.32. The number of carbonyl (C=O) groups is 2. The van der Waals surface area contributed by atoms with Gasteiger partial charge in [0.2, 0.25) is 0 Å². The first kappa shape index (κ1) is 21.4. The van der Waals surface area contributed by atoms with Crippen molar-refractivity contribution in [2.75, 3.05) is 7.11 Å². The SMILES string of the molecule is COC(=O)c1ccc2c(B3OC(C)(C)C(C)(C)O3)cn(C(=O)OC(C)(C)C)c2c1. The molecule has 0 aliphatic carbocycles. The van der Waals surface area contributed by atoms with Crippen molar-refractivity contribution >= 4 is 35.5 Å². The second-order valence-corrected chi connectivity index (χ2v) is 9.25. The fourth-order valence-corrected chi connectivity index (χ4v) is 3.12.